The maximum Gasteiger partial charge on any atom is 0.308 e. The molecule has 2 saturated heterocycles. The number of carboxylic acids is 1. The Hall–Kier alpha value is -3.34. The van der Waals surface area contributed by atoms with Gasteiger partial charge in [-0.2, -0.15) is 0 Å². The zero-order valence-electron chi connectivity index (χ0n) is 28.2. The van der Waals surface area contributed by atoms with Crippen molar-refractivity contribution in [1.29, 1.82) is 0 Å². The Balaban J connectivity index is 1.44. The van der Waals surface area contributed by atoms with Gasteiger partial charge in [-0.3, -0.25) is 14.5 Å². The standard InChI is InChI=1S/C36H51N3O7/c1-6-7-16-38(27-12-10-11-25(18-27)23-39(2,3)4)33(40)22-37-21-29(26-19-31(43-5)35-32(20-26)45-24-46-35)34(36(41)42)30(37)15-14-28-13-8-9-17-44-28/h10-12,18-20,28-30,34H,6-9,13-17,21-24H2,1-5H3/p+1/t28?,29-,30+,34-/m1/s1. The van der Waals surface area contributed by atoms with Gasteiger partial charge >= 0.3 is 5.97 Å². The quantitative estimate of drug-likeness (QED) is 0.279. The Morgan fingerprint density at radius 3 is 2.63 bits per heavy atom. The van der Waals surface area contributed by atoms with E-state index in [-0.39, 0.29) is 37.3 Å². The van der Waals surface area contributed by atoms with Crippen LogP contribution in [0.15, 0.2) is 36.4 Å². The molecule has 10 nitrogen and oxygen atoms in total. The highest BCUT2D eigenvalue weighted by atomic mass is 16.7. The molecule has 1 unspecified atom stereocenters. The topological polar surface area (TPSA) is 97.8 Å². The van der Waals surface area contributed by atoms with Crippen LogP contribution in [-0.4, -0.2) is 99.8 Å². The van der Waals surface area contributed by atoms with Crippen molar-refractivity contribution in [1.82, 2.24) is 4.90 Å². The molecule has 5 rings (SSSR count). The van der Waals surface area contributed by atoms with Gasteiger partial charge in [-0.05, 0) is 68.4 Å². The van der Waals surface area contributed by atoms with Gasteiger partial charge in [0.2, 0.25) is 18.4 Å². The predicted molar refractivity (Wildman–Crippen MR) is 177 cm³/mol. The first-order chi connectivity index (χ1) is 22.1. The van der Waals surface area contributed by atoms with E-state index < -0.39 is 11.9 Å². The Morgan fingerprint density at radius 2 is 1.93 bits per heavy atom. The second-order valence-corrected chi connectivity index (χ2v) is 14.0. The van der Waals surface area contributed by atoms with Crippen molar-refractivity contribution in [3.05, 3.63) is 47.5 Å². The van der Waals surface area contributed by atoms with E-state index in [0.717, 1.165) is 67.4 Å². The molecule has 46 heavy (non-hydrogen) atoms. The van der Waals surface area contributed by atoms with Crippen LogP contribution in [0.5, 0.6) is 17.2 Å². The number of rotatable bonds is 14. The Kier molecular flexibility index (Phi) is 11.1. The first kappa shape index (κ1) is 34.0. The summed E-state index contributed by atoms with van der Waals surface area (Å²) in [6, 6.07) is 11.7. The number of hydrogen-bond donors (Lipinski definition) is 1. The highest BCUT2D eigenvalue weighted by Crippen LogP contribution is 2.47. The van der Waals surface area contributed by atoms with Crippen LogP contribution in [-0.2, 0) is 20.9 Å². The third-order valence-corrected chi connectivity index (χ3v) is 9.45. The van der Waals surface area contributed by atoms with Crippen molar-refractivity contribution in [2.75, 3.05) is 66.2 Å². The van der Waals surface area contributed by atoms with Crippen LogP contribution in [0.25, 0.3) is 0 Å². The smallest absolute Gasteiger partial charge is 0.308 e. The van der Waals surface area contributed by atoms with Gasteiger partial charge in [-0.15, -0.1) is 0 Å². The van der Waals surface area contributed by atoms with Crippen molar-refractivity contribution in [2.24, 2.45) is 5.92 Å². The molecular formula is C36H52N3O7+. The van der Waals surface area contributed by atoms with E-state index in [4.69, 9.17) is 18.9 Å². The van der Waals surface area contributed by atoms with Crippen molar-refractivity contribution >= 4 is 17.6 Å². The first-order valence-electron chi connectivity index (χ1n) is 16.8. The lowest BCUT2D eigenvalue weighted by molar-refractivity contribution is -0.884. The number of ether oxygens (including phenoxy) is 4. The molecule has 0 saturated carbocycles. The molecule has 2 fully saturated rings. The average Bonchev–Trinajstić information content (AvgIpc) is 3.64. The number of benzene rings is 2. The lowest BCUT2D eigenvalue weighted by atomic mass is 9.83. The van der Waals surface area contributed by atoms with E-state index >= 15 is 0 Å². The zero-order valence-corrected chi connectivity index (χ0v) is 28.2. The van der Waals surface area contributed by atoms with Crippen molar-refractivity contribution in [3.63, 3.8) is 0 Å². The minimum atomic E-state index is -0.859. The third kappa shape index (κ3) is 8.14. The lowest BCUT2D eigenvalue weighted by Crippen LogP contribution is -2.45. The van der Waals surface area contributed by atoms with E-state index in [2.05, 4.69) is 45.1 Å². The van der Waals surface area contributed by atoms with Gasteiger partial charge in [0.05, 0.1) is 46.8 Å². The van der Waals surface area contributed by atoms with Crippen LogP contribution in [0.1, 0.15) is 68.9 Å². The van der Waals surface area contributed by atoms with Crippen LogP contribution in [0.2, 0.25) is 0 Å². The number of amides is 1. The summed E-state index contributed by atoms with van der Waals surface area (Å²) in [6.45, 7) is 5.01. The zero-order chi connectivity index (χ0) is 32.8. The second-order valence-electron chi connectivity index (χ2n) is 14.0. The van der Waals surface area contributed by atoms with Gasteiger partial charge in [-0.1, -0.05) is 25.5 Å². The number of likely N-dealkylation sites (tertiary alicyclic amines) is 1. The summed E-state index contributed by atoms with van der Waals surface area (Å²) in [7, 11) is 8.04. The molecule has 252 valence electrons. The van der Waals surface area contributed by atoms with E-state index in [9.17, 15) is 14.7 Å². The summed E-state index contributed by atoms with van der Waals surface area (Å²) in [5.41, 5.74) is 2.88. The number of nitrogens with zero attached hydrogens (tertiary/aromatic N) is 3. The molecule has 0 aliphatic carbocycles. The highest BCUT2D eigenvalue weighted by molar-refractivity contribution is 5.95. The third-order valence-electron chi connectivity index (χ3n) is 9.45. The number of carbonyl (C=O) groups excluding carboxylic acids is 1. The molecule has 1 N–H and O–H groups in total. The van der Waals surface area contributed by atoms with Gasteiger partial charge < -0.3 is 33.4 Å². The molecule has 3 aliphatic heterocycles. The van der Waals surface area contributed by atoms with E-state index in [1.807, 2.05) is 29.2 Å². The van der Waals surface area contributed by atoms with E-state index in [0.29, 0.717) is 36.8 Å². The van der Waals surface area contributed by atoms with Crippen LogP contribution >= 0.6 is 0 Å². The number of quaternary nitrogens is 1. The minimum absolute atomic E-state index is 0.0113. The number of aliphatic carboxylic acids is 1. The van der Waals surface area contributed by atoms with Gasteiger partial charge in [0.25, 0.3) is 0 Å². The largest absolute Gasteiger partial charge is 0.493 e. The second kappa shape index (κ2) is 15.0. The van der Waals surface area contributed by atoms with Gasteiger partial charge in [0.15, 0.2) is 11.5 Å². The van der Waals surface area contributed by atoms with Crippen LogP contribution in [0.4, 0.5) is 5.69 Å². The highest BCUT2D eigenvalue weighted by Gasteiger charge is 2.48. The van der Waals surface area contributed by atoms with E-state index in [1.165, 1.54) is 5.56 Å². The first-order valence-corrected chi connectivity index (χ1v) is 16.8. The molecule has 0 radical (unpaired) electrons. The van der Waals surface area contributed by atoms with Crippen molar-refractivity contribution in [2.45, 2.75) is 76.5 Å². The number of hydrogen-bond acceptors (Lipinski definition) is 7. The predicted octanol–water partition coefficient (Wildman–Crippen LogP) is 5.28. The van der Waals surface area contributed by atoms with Crippen molar-refractivity contribution < 1.29 is 38.1 Å². The molecule has 2 aromatic rings. The number of carbonyl (C=O) groups is 2. The SMILES string of the molecule is CCCCN(C(=O)CN1C[C@H](c2cc(OC)c3c(c2)OCO3)[C@@H](C(=O)O)[C@@H]1CCC1CCCCO1)c1cccc(C[N+](C)(C)C)c1. The molecule has 10 heteroatoms. The fourth-order valence-corrected chi connectivity index (χ4v) is 7.29. The maximum atomic E-state index is 14.3. The number of anilines is 1. The summed E-state index contributed by atoms with van der Waals surface area (Å²) in [5, 5.41) is 10.7. The molecule has 0 bridgehead atoms. The number of methoxy groups -OCH3 is 1. The molecular weight excluding hydrogens is 586 g/mol. The van der Waals surface area contributed by atoms with Gasteiger partial charge in [0.1, 0.15) is 6.54 Å². The molecule has 3 heterocycles. The Bertz CT molecular complexity index is 1350. The number of unbranched alkanes of at least 4 members (excludes halogenated alkanes) is 1. The number of fused-ring (bicyclic) bond motifs is 1. The van der Waals surface area contributed by atoms with Gasteiger partial charge in [0, 0.05) is 42.9 Å². The molecule has 3 aliphatic rings. The van der Waals surface area contributed by atoms with Crippen molar-refractivity contribution in [3.8, 4) is 17.2 Å². The molecule has 4 atom stereocenters. The van der Waals surface area contributed by atoms with Gasteiger partial charge in [-0.25, -0.2) is 0 Å². The fraction of sp³-hybridized carbons (Fsp3) is 0.611. The average molecular weight is 639 g/mol. The number of carboxylic acid groups (broad SMARTS) is 1. The maximum absolute atomic E-state index is 14.3. The van der Waals surface area contributed by atoms with Crippen LogP contribution in [0.3, 0.4) is 0 Å². The summed E-state index contributed by atoms with van der Waals surface area (Å²) in [4.78, 5) is 31.4. The monoisotopic (exact) mass is 638 g/mol. The molecule has 0 spiro atoms. The fourth-order valence-electron chi connectivity index (χ4n) is 7.29. The van der Waals surface area contributed by atoms with Crippen LogP contribution < -0.4 is 19.1 Å². The molecule has 0 aromatic heterocycles. The molecule has 1 amide bonds. The van der Waals surface area contributed by atoms with Crippen LogP contribution in [0, 0.1) is 5.92 Å². The Morgan fingerprint density at radius 1 is 1.11 bits per heavy atom. The normalized spacial score (nSPS) is 23.0. The summed E-state index contributed by atoms with van der Waals surface area (Å²) in [5.74, 6) is -0.325. The van der Waals surface area contributed by atoms with E-state index in [1.54, 1.807) is 7.11 Å². The summed E-state index contributed by atoms with van der Waals surface area (Å²) >= 11 is 0. The molecule has 2 aromatic carbocycles. The summed E-state index contributed by atoms with van der Waals surface area (Å²) < 4.78 is 23.7. The summed E-state index contributed by atoms with van der Waals surface area (Å²) in [6.07, 6.45) is 6.55. The Labute approximate surface area is 273 Å². The minimum Gasteiger partial charge on any atom is -0.493 e. The lowest BCUT2D eigenvalue weighted by Gasteiger charge is -2.31.